The van der Waals surface area contributed by atoms with Gasteiger partial charge >= 0.3 is 0 Å². The molecule has 2 aromatic heterocycles. The maximum absolute atomic E-state index is 13.5. The van der Waals surface area contributed by atoms with Crippen molar-refractivity contribution in [3.63, 3.8) is 0 Å². The van der Waals surface area contributed by atoms with E-state index in [1.807, 2.05) is 12.1 Å². The number of imidazole rings is 1. The smallest absolute Gasteiger partial charge is 0.240 e. The fraction of sp³-hybridized carbons (Fsp3) is 0.233. The Morgan fingerprint density at radius 3 is 2.87 bits per heavy atom. The van der Waals surface area contributed by atoms with Crippen molar-refractivity contribution in [3.05, 3.63) is 89.0 Å². The molecule has 0 saturated heterocycles. The number of hydrogen-bond acceptors (Lipinski definition) is 5. The molecule has 3 heterocycles. The Balaban J connectivity index is 1.21. The molecule has 5 N–H and O–H groups in total. The number of nitrogens with two attached hydrogens (primary N) is 1. The number of rotatable bonds is 6. The van der Waals surface area contributed by atoms with Gasteiger partial charge in [0.25, 0.3) is 0 Å². The number of benzene rings is 3. The van der Waals surface area contributed by atoms with Crippen LogP contribution >= 0.6 is 0 Å². The van der Waals surface area contributed by atoms with Crippen molar-refractivity contribution in [1.82, 2.24) is 25.1 Å². The SMILES string of the molecule is CCc1cc(O)ccc1-c1ccc2c(-c3nc4c([nH]3)CN(C(=O)[C@@H](N)Cc3cccc(F)c3)CC4)n[nH]c2c1. The van der Waals surface area contributed by atoms with Crippen LogP contribution in [-0.4, -0.2) is 48.7 Å². The molecule has 6 rings (SSSR count). The highest BCUT2D eigenvalue weighted by Crippen LogP contribution is 2.33. The number of phenols is 1. The lowest BCUT2D eigenvalue weighted by molar-refractivity contribution is -0.133. The van der Waals surface area contributed by atoms with Crippen LogP contribution < -0.4 is 5.73 Å². The summed E-state index contributed by atoms with van der Waals surface area (Å²) < 4.78 is 13.5. The van der Waals surface area contributed by atoms with Gasteiger partial charge in [-0.1, -0.05) is 31.2 Å². The fourth-order valence-corrected chi connectivity index (χ4v) is 5.36. The predicted octanol–water partition coefficient (Wildman–Crippen LogP) is 4.48. The van der Waals surface area contributed by atoms with E-state index < -0.39 is 6.04 Å². The van der Waals surface area contributed by atoms with Crippen molar-refractivity contribution in [2.24, 2.45) is 5.73 Å². The highest BCUT2D eigenvalue weighted by Gasteiger charge is 2.28. The molecule has 0 radical (unpaired) electrons. The number of fused-ring (bicyclic) bond motifs is 2. The number of aromatic hydroxyl groups is 1. The Kier molecular flexibility index (Phi) is 6.36. The quantitative estimate of drug-likeness (QED) is 0.261. The normalized spacial score (nSPS) is 14.0. The molecule has 1 aliphatic rings. The summed E-state index contributed by atoms with van der Waals surface area (Å²) in [6, 6.07) is 17.0. The Bertz CT molecular complexity index is 1690. The first-order valence-corrected chi connectivity index (χ1v) is 13.1. The third kappa shape index (κ3) is 4.77. The van der Waals surface area contributed by atoms with Gasteiger partial charge < -0.3 is 20.7 Å². The number of carbonyl (C=O) groups is 1. The van der Waals surface area contributed by atoms with Gasteiger partial charge in [0.15, 0.2) is 5.82 Å². The zero-order chi connectivity index (χ0) is 27.1. The van der Waals surface area contributed by atoms with Gasteiger partial charge in [-0.15, -0.1) is 0 Å². The third-order valence-corrected chi connectivity index (χ3v) is 7.37. The summed E-state index contributed by atoms with van der Waals surface area (Å²) in [6.07, 6.45) is 1.69. The minimum atomic E-state index is -0.748. The van der Waals surface area contributed by atoms with E-state index in [9.17, 15) is 14.3 Å². The first-order chi connectivity index (χ1) is 18.9. The van der Waals surface area contributed by atoms with Crippen LogP contribution in [0.5, 0.6) is 5.75 Å². The fourth-order valence-electron chi connectivity index (χ4n) is 5.36. The molecule has 0 aliphatic carbocycles. The van der Waals surface area contributed by atoms with Crippen LogP contribution in [0.25, 0.3) is 33.5 Å². The average molecular weight is 525 g/mol. The standard InChI is InChI=1S/C30H29FN6O2/c1-2-18-14-21(38)7-9-22(18)19-6-8-23-26(15-19)35-36-28(23)29-33-25-10-11-37(16-27(25)34-29)30(39)24(32)13-17-4-3-5-20(31)12-17/h3-9,12,14-15,24,38H,2,10-11,13,16,32H2,1H3,(H,33,34)(H,35,36)/t24-/m0/s1. The molecule has 0 spiro atoms. The van der Waals surface area contributed by atoms with Crippen LogP contribution in [-0.2, 0) is 30.6 Å². The summed E-state index contributed by atoms with van der Waals surface area (Å²) in [6.45, 7) is 2.96. The third-order valence-electron chi connectivity index (χ3n) is 7.37. The molecule has 1 amide bonds. The highest BCUT2D eigenvalue weighted by atomic mass is 19.1. The van der Waals surface area contributed by atoms with Crippen LogP contribution in [0, 0.1) is 5.82 Å². The lowest BCUT2D eigenvalue weighted by Gasteiger charge is -2.28. The van der Waals surface area contributed by atoms with E-state index in [0.29, 0.717) is 36.6 Å². The molecular weight excluding hydrogens is 495 g/mol. The molecule has 0 unspecified atom stereocenters. The van der Waals surface area contributed by atoms with Gasteiger partial charge in [0, 0.05) is 18.4 Å². The van der Waals surface area contributed by atoms with Crippen LogP contribution in [0.1, 0.15) is 29.4 Å². The van der Waals surface area contributed by atoms with Crippen molar-refractivity contribution in [1.29, 1.82) is 0 Å². The molecule has 1 aliphatic heterocycles. The topological polar surface area (TPSA) is 124 Å². The van der Waals surface area contributed by atoms with Gasteiger partial charge in [-0.25, -0.2) is 9.37 Å². The first kappa shape index (κ1) is 24.8. The second kappa shape index (κ2) is 9.99. The minimum Gasteiger partial charge on any atom is -0.508 e. The van der Waals surface area contributed by atoms with Gasteiger partial charge in [0.1, 0.15) is 17.3 Å². The van der Waals surface area contributed by atoms with E-state index in [0.717, 1.165) is 45.4 Å². The maximum atomic E-state index is 13.5. The largest absolute Gasteiger partial charge is 0.508 e. The van der Waals surface area contributed by atoms with E-state index >= 15 is 0 Å². The molecule has 0 fully saturated rings. The zero-order valence-corrected chi connectivity index (χ0v) is 21.5. The van der Waals surface area contributed by atoms with E-state index in [1.54, 1.807) is 29.2 Å². The summed E-state index contributed by atoms with van der Waals surface area (Å²) in [5, 5.41) is 18.5. The number of aryl methyl sites for hydroxylation is 1. The van der Waals surface area contributed by atoms with Crippen LogP contribution in [0.15, 0.2) is 60.7 Å². The van der Waals surface area contributed by atoms with Crippen molar-refractivity contribution in [2.75, 3.05) is 6.54 Å². The van der Waals surface area contributed by atoms with E-state index in [2.05, 4.69) is 34.2 Å². The molecule has 1 atom stereocenters. The van der Waals surface area contributed by atoms with Gasteiger partial charge in [-0.05, 0) is 71.5 Å². The molecule has 198 valence electrons. The van der Waals surface area contributed by atoms with Crippen LogP contribution in [0.2, 0.25) is 0 Å². The number of H-pyrrole nitrogens is 2. The van der Waals surface area contributed by atoms with Gasteiger partial charge in [-0.3, -0.25) is 9.89 Å². The molecule has 9 heteroatoms. The summed E-state index contributed by atoms with van der Waals surface area (Å²) >= 11 is 0. The van der Waals surface area contributed by atoms with Crippen molar-refractivity contribution in [3.8, 4) is 28.4 Å². The molecular formula is C30H29FN6O2. The molecule has 0 bridgehead atoms. The van der Waals surface area contributed by atoms with Crippen LogP contribution in [0.4, 0.5) is 4.39 Å². The van der Waals surface area contributed by atoms with E-state index in [-0.39, 0.29) is 23.9 Å². The summed E-state index contributed by atoms with van der Waals surface area (Å²) in [5.74, 6) is 0.403. The Hall–Kier alpha value is -4.50. The Labute approximate surface area is 224 Å². The molecule has 3 aromatic carbocycles. The van der Waals surface area contributed by atoms with E-state index in [4.69, 9.17) is 10.7 Å². The number of hydrogen-bond donors (Lipinski definition) is 4. The average Bonchev–Trinajstić information content (AvgIpc) is 3.55. The predicted molar refractivity (Wildman–Crippen MR) is 147 cm³/mol. The van der Waals surface area contributed by atoms with Gasteiger partial charge in [0.05, 0.1) is 29.5 Å². The number of aromatic amines is 2. The van der Waals surface area contributed by atoms with E-state index in [1.165, 1.54) is 12.1 Å². The monoisotopic (exact) mass is 524 g/mol. The molecule has 5 aromatic rings. The molecule has 39 heavy (non-hydrogen) atoms. The van der Waals surface area contributed by atoms with Gasteiger partial charge in [-0.2, -0.15) is 5.10 Å². The number of aromatic nitrogens is 4. The maximum Gasteiger partial charge on any atom is 0.240 e. The van der Waals surface area contributed by atoms with Crippen LogP contribution in [0.3, 0.4) is 0 Å². The second-order valence-corrected chi connectivity index (χ2v) is 9.99. The molecule has 0 saturated carbocycles. The number of carbonyl (C=O) groups excluding carboxylic acids is 1. The second-order valence-electron chi connectivity index (χ2n) is 9.99. The number of amides is 1. The van der Waals surface area contributed by atoms with Gasteiger partial charge in [0.2, 0.25) is 5.91 Å². The summed E-state index contributed by atoms with van der Waals surface area (Å²) in [4.78, 5) is 23.0. The Morgan fingerprint density at radius 1 is 1.18 bits per heavy atom. The van der Waals surface area contributed by atoms with Crippen molar-refractivity contribution >= 4 is 16.8 Å². The lowest BCUT2D eigenvalue weighted by atomic mass is 9.97. The van der Waals surface area contributed by atoms with Crippen molar-refractivity contribution in [2.45, 2.75) is 38.8 Å². The summed E-state index contributed by atoms with van der Waals surface area (Å²) in [5.41, 5.74) is 13.5. The lowest BCUT2D eigenvalue weighted by Crippen LogP contribution is -2.46. The zero-order valence-electron chi connectivity index (χ0n) is 21.5. The number of nitrogens with one attached hydrogen (secondary N) is 2. The highest BCUT2D eigenvalue weighted by molar-refractivity contribution is 5.94. The number of halogens is 1. The number of phenolic OH excluding ortho intramolecular Hbond substituents is 1. The van der Waals surface area contributed by atoms with Crippen molar-refractivity contribution < 1.29 is 14.3 Å². The summed E-state index contributed by atoms with van der Waals surface area (Å²) in [7, 11) is 0. The Morgan fingerprint density at radius 2 is 2.05 bits per heavy atom. The first-order valence-electron chi connectivity index (χ1n) is 13.1. The number of nitrogens with zero attached hydrogens (tertiary/aromatic N) is 3. The molecule has 8 nitrogen and oxygen atoms in total. The minimum absolute atomic E-state index is 0.167.